The summed E-state index contributed by atoms with van der Waals surface area (Å²) in [5, 5.41) is 10.9. The van der Waals surface area contributed by atoms with Gasteiger partial charge < -0.3 is 10.6 Å². The summed E-state index contributed by atoms with van der Waals surface area (Å²) in [7, 11) is 1.81. The zero-order chi connectivity index (χ0) is 10.4. The molecule has 0 spiro atoms. The molecule has 0 radical (unpaired) electrons. The highest BCUT2D eigenvalue weighted by Gasteiger charge is 1.96. The molecular formula is C9H16N4S. The van der Waals surface area contributed by atoms with Crippen LogP contribution in [-0.2, 0) is 6.54 Å². The van der Waals surface area contributed by atoms with Gasteiger partial charge in [-0.1, -0.05) is 0 Å². The van der Waals surface area contributed by atoms with Gasteiger partial charge in [-0.2, -0.15) is 5.10 Å². The van der Waals surface area contributed by atoms with Gasteiger partial charge in [0.25, 0.3) is 0 Å². The van der Waals surface area contributed by atoms with E-state index in [2.05, 4.69) is 22.7 Å². The predicted molar refractivity (Wildman–Crippen MR) is 61.2 cm³/mol. The molecule has 0 aliphatic carbocycles. The van der Waals surface area contributed by atoms with Crippen LogP contribution in [0, 0.1) is 6.92 Å². The maximum Gasteiger partial charge on any atom is 0.166 e. The highest BCUT2D eigenvalue weighted by Crippen LogP contribution is 1.96. The Labute approximate surface area is 89.7 Å². The first-order chi connectivity index (χ1) is 6.74. The number of hydrogen-bond acceptors (Lipinski definition) is 2. The van der Waals surface area contributed by atoms with Gasteiger partial charge >= 0.3 is 0 Å². The summed E-state index contributed by atoms with van der Waals surface area (Å²) in [6.07, 6.45) is 2.84. The molecule has 4 nitrogen and oxygen atoms in total. The van der Waals surface area contributed by atoms with Crippen LogP contribution in [0.4, 0.5) is 0 Å². The molecule has 1 aromatic heterocycles. The third kappa shape index (κ3) is 3.33. The van der Waals surface area contributed by atoms with Gasteiger partial charge in [-0.05, 0) is 31.6 Å². The van der Waals surface area contributed by atoms with E-state index < -0.39 is 0 Å². The fraction of sp³-hybridized carbons (Fsp3) is 0.556. The van der Waals surface area contributed by atoms with Crippen molar-refractivity contribution in [1.82, 2.24) is 20.4 Å². The van der Waals surface area contributed by atoms with Crippen molar-refractivity contribution in [2.45, 2.75) is 19.9 Å². The highest BCUT2D eigenvalue weighted by atomic mass is 32.1. The molecule has 14 heavy (non-hydrogen) atoms. The molecule has 0 saturated heterocycles. The molecule has 0 fully saturated rings. The van der Waals surface area contributed by atoms with Crippen LogP contribution in [0.3, 0.4) is 0 Å². The summed E-state index contributed by atoms with van der Waals surface area (Å²) in [6, 6.07) is 2.01. The first-order valence-electron chi connectivity index (χ1n) is 4.68. The summed E-state index contributed by atoms with van der Waals surface area (Å²) < 4.78 is 1.99. The Bertz CT molecular complexity index is 295. The monoisotopic (exact) mass is 212 g/mol. The molecule has 0 unspecified atom stereocenters. The molecule has 0 atom stereocenters. The van der Waals surface area contributed by atoms with Gasteiger partial charge in [0.1, 0.15) is 0 Å². The lowest BCUT2D eigenvalue weighted by Crippen LogP contribution is -2.33. The van der Waals surface area contributed by atoms with Gasteiger partial charge in [-0.15, -0.1) is 0 Å². The Kier molecular flexibility index (Phi) is 4.39. The smallest absolute Gasteiger partial charge is 0.166 e. The number of thiocarbonyl (C=S) groups is 1. The fourth-order valence-electron chi connectivity index (χ4n) is 1.15. The summed E-state index contributed by atoms with van der Waals surface area (Å²) in [4.78, 5) is 0. The summed E-state index contributed by atoms with van der Waals surface area (Å²) in [5.41, 5.74) is 1.20. The average Bonchev–Trinajstić information content (AvgIpc) is 2.58. The number of hydrogen-bond donors (Lipinski definition) is 2. The van der Waals surface area contributed by atoms with Gasteiger partial charge in [0.2, 0.25) is 0 Å². The number of rotatable bonds is 4. The molecule has 2 N–H and O–H groups in total. The molecule has 0 aliphatic heterocycles. The quantitative estimate of drug-likeness (QED) is 0.569. The van der Waals surface area contributed by atoms with Crippen LogP contribution in [0.2, 0.25) is 0 Å². The largest absolute Gasteiger partial charge is 0.366 e. The normalized spacial score (nSPS) is 9.86. The predicted octanol–water partition coefficient (Wildman–Crippen LogP) is 0.676. The Morgan fingerprint density at radius 2 is 2.43 bits per heavy atom. The Morgan fingerprint density at radius 3 is 3.00 bits per heavy atom. The van der Waals surface area contributed by atoms with Gasteiger partial charge in [-0.3, -0.25) is 4.68 Å². The lowest BCUT2D eigenvalue weighted by atomic mass is 10.4. The second-order valence-corrected chi connectivity index (χ2v) is 3.46. The Hall–Kier alpha value is -1.10. The molecule has 0 aliphatic rings. The van der Waals surface area contributed by atoms with Crippen molar-refractivity contribution in [3.63, 3.8) is 0 Å². The maximum atomic E-state index is 4.95. The Balaban J connectivity index is 2.16. The van der Waals surface area contributed by atoms with Crippen molar-refractivity contribution in [2.75, 3.05) is 13.6 Å². The number of nitrogens with one attached hydrogen (secondary N) is 2. The second-order valence-electron chi connectivity index (χ2n) is 3.06. The summed E-state index contributed by atoms with van der Waals surface area (Å²) in [6.45, 7) is 3.86. The van der Waals surface area contributed by atoms with Crippen molar-refractivity contribution >= 4 is 17.3 Å². The van der Waals surface area contributed by atoms with Crippen LogP contribution in [0.5, 0.6) is 0 Å². The third-order valence-electron chi connectivity index (χ3n) is 1.99. The van der Waals surface area contributed by atoms with Gasteiger partial charge in [-0.25, -0.2) is 0 Å². The standard InChI is InChI=1S/C9H16N4S/c1-8-4-6-12-13(8)7-3-5-11-9(14)10-2/h4,6H,3,5,7H2,1-2H3,(H2,10,11,14). The summed E-state index contributed by atoms with van der Waals surface area (Å²) >= 11 is 4.95. The second kappa shape index (κ2) is 5.59. The van der Waals surface area contributed by atoms with Crippen LogP contribution < -0.4 is 10.6 Å². The van der Waals surface area contributed by atoms with Crippen molar-refractivity contribution in [1.29, 1.82) is 0 Å². The van der Waals surface area contributed by atoms with Crippen LogP contribution in [0.25, 0.3) is 0 Å². The van der Waals surface area contributed by atoms with Crippen LogP contribution in [0.15, 0.2) is 12.3 Å². The highest BCUT2D eigenvalue weighted by molar-refractivity contribution is 7.80. The van der Waals surface area contributed by atoms with Crippen LogP contribution in [0.1, 0.15) is 12.1 Å². The topological polar surface area (TPSA) is 41.9 Å². The van der Waals surface area contributed by atoms with E-state index in [0.29, 0.717) is 5.11 Å². The molecule has 5 heteroatoms. The number of aromatic nitrogens is 2. The van der Waals surface area contributed by atoms with Crippen LogP contribution in [-0.4, -0.2) is 28.5 Å². The SMILES string of the molecule is CNC(=S)NCCCn1nccc1C. The van der Waals surface area contributed by atoms with E-state index in [9.17, 15) is 0 Å². The zero-order valence-corrected chi connectivity index (χ0v) is 9.40. The molecule has 0 bridgehead atoms. The van der Waals surface area contributed by atoms with E-state index in [1.807, 2.05) is 24.0 Å². The van der Waals surface area contributed by atoms with E-state index in [-0.39, 0.29) is 0 Å². The average molecular weight is 212 g/mol. The van der Waals surface area contributed by atoms with E-state index in [1.165, 1.54) is 5.69 Å². The lowest BCUT2D eigenvalue weighted by Gasteiger charge is -2.07. The first kappa shape index (κ1) is 11.0. The molecule has 1 heterocycles. The molecule has 1 aromatic rings. The Morgan fingerprint density at radius 1 is 1.64 bits per heavy atom. The minimum Gasteiger partial charge on any atom is -0.366 e. The third-order valence-corrected chi connectivity index (χ3v) is 2.34. The molecule has 0 saturated carbocycles. The van der Waals surface area contributed by atoms with E-state index in [1.54, 1.807) is 0 Å². The maximum absolute atomic E-state index is 4.95. The number of nitrogens with zero attached hydrogens (tertiary/aromatic N) is 2. The molecule has 0 amide bonds. The van der Waals surface area contributed by atoms with Gasteiger partial charge in [0.05, 0.1) is 0 Å². The minimum atomic E-state index is 0.696. The molecular weight excluding hydrogens is 196 g/mol. The molecule has 78 valence electrons. The van der Waals surface area contributed by atoms with Gasteiger partial charge in [0, 0.05) is 32.0 Å². The molecule has 1 rings (SSSR count). The van der Waals surface area contributed by atoms with Crippen molar-refractivity contribution in [2.24, 2.45) is 0 Å². The van der Waals surface area contributed by atoms with Crippen molar-refractivity contribution in [3.05, 3.63) is 18.0 Å². The zero-order valence-electron chi connectivity index (χ0n) is 8.58. The van der Waals surface area contributed by atoms with Gasteiger partial charge in [0.15, 0.2) is 5.11 Å². The van der Waals surface area contributed by atoms with Crippen LogP contribution >= 0.6 is 12.2 Å². The minimum absolute atomic E-state index is 0.696. The first-order valence-corrected chi connectivity index (χ1v) is 5.09. The lowest BCUT2D eigenvalue weighted by molar-refractivity contribution is 0.560. The van der Waals surface area contributed by atoms with Crippen molar-refractivity contribution in [3.8, 4) is 0 Å². The van der Waals surface area contributed by atoms with E-state index in [0.717, 1.165) is 19.5 Å². The number of aryl methyl sites for hydroxylation is 2. The van der Waals surface area contributed by atoms with E-state index >= 15 is 0 Å². The summed E-state index contributed by atoms with van der Waals surface area (Å²) in [5.74, 6) is 0. The van der Waals surface area contributed by atoms with E-state index in [4.69, 9.17) is 12.2 Å². The van der Waals surface area contributed by atoms with Crippen molar-refractivity contribution < 1.29 is 0 Å². The molecule has 0 aromatic carbocycles. The fourth-order valence-corrected chi connectivity index (χ4v) is 1.25.